The Kier molecular flexibility index (Phi) is 18.7. The third kappa shape index (κ3) is 12.8. The van der Waals surface area contributed by atoms with Gasteiger partial charge in [0.25, 0.3) is 5.91 Å². The van der Waals surface area contributed by atoms with Gasteiger partial charge in [0.05, 0.1) is 6.61 Å². The minimum Gasteiger partial charge on any atom is -0.458 e. The van der Waals surface area contributed by atoms with Gasteiger partial charge in [-0.1, -0.05) is 70.9 Å². The lowest BCUT2D eigenvalue weighted by Gasteiger charge is -2.44. The van der Waals surface area contributed by atoms with Gasteiger partial charge in [0.1, 0.15) is 48.6 Å². The van der Waals surface area contributed by atoms with Crippen LogP contribution in [0.15, 0.2) is 35.3 Å². The molecule has 1 aromatic carbocycles. The number of carbonyl (C=O) groups excluding carboxylic acids is 7. The van der Waals surface area contributed by atoms with Crippen LogP contribution in [0.5, 0.6) is 0 Å². The zero-order valence-corrected chi connectivity index (χ0v) is 35.2. The van der Waals surface area contributed by atoms with Gasteiger partial charge in [0, 0.05) is 20.0 Å². The second kappa shape index (κ2) is 22.9. The van der Waals surface area contributed by atoms with Crippen molar-refractivity contribution in [1.82, 2.24) is 31.1 Å². The van der Waals surface area contributed by atoms with Crippen LogP contribution in [-0.2, 0) is 44.7 Å². The van der Waals surface area contributed by atoms with Crippen molar-refractivity contribution in [3.8, 4) is 0 Å². The number of cyclic esters (lactones) is 1. The molecule has 60 heavy (non-hydrogen) atoms. The Morgan fingerprint density at radius 2 is 1.60 bits per heavy atom. The third-order valence-electron chi connectivity index (χ3n) is 11.2. The zero-order chi connectivity index (χ0) is 44.8. The van der Waals surface area contributed by atoms with Crippen LogP contribution in [0, 0.1) is 11.8 Å². The number of aliphatic imine (C=N–C) groups is 1. The van der Waals surface area contributed by atoms with Gasteiger partial charge in [-0.15, -0.1) is 0 Å². The van der Waals surface area contributed by atoms with E-state index in [9.17, 15) is 48.9 Å². The van der Waals surface area contributed by atoms with Crippen molar-refractivity contribution in [2.75, 3.05) is 20.2 Å². The fourth-order valence-electron chi connectivity index (χ4n) is 7.10. The highest BCUT2D eigenvalue weighted by molar-refractivity contribution is 5.98. The molecule has 0 radical (unpaired) electrons. The minimum atomic E-state index is -1.97. The molecule has 2 saturated heterocycles. The second-order valence-corrected chi connectivity index (χ2v) is 15.6. The molecule has 0 saturated carbocycles. The van der Waals surface area contributed by atoms with E-state index in [4.69, 9.17) is 16.2 Å². The molecule has 334 valence electrons. The zero-order valence-electron chi connectivity index (χ0n) is 35.2. The molecule has 2 heterocycles. The number of nitrogens with one attached hydrogen (secondary N) is 4. The van der Waals surface area contributed by atoms with Gasteiger partial charge in [-0.3, -0.25) is 33.8 Å². The van der Waals surface area contributed by atoms with Crippen LogP contribution in [0.2, 0.25) is 0 Å². The Morgan fingerprint density at radius 3 is 2.20 bits per heavy atom. The summed E-state index contributed by atoms with van der Waals surface area (Å²) in [4.78, 5) is 105. The molecule has 0 aliphatic carbocycles. The molecule has 2 aliphatic heterocycles. The van der Waals surface area contributed by atoms with Crippen LogP contribution >= 0.6 is 0 Å². The summed E-state index contributed by atoms with van der Waals surface area (Å²) in [6.07, 6.45) is -4.21. The number of guanidine groups is 1. The van der Waals surface area contributed by atoms with Crippen molar-refractivity contribution >= 4 is 47.4 Å². The molecule has 2 fully saturated rings. The molecule has 20 heteroatoms. The van der Waals surface area contributed by atoms with Gasteiger partial charge in [0.2, 0.25) is 29.5 Å². The van der Waals surface area contributed by atoms with Crippen LogP contribution in [0.1, 0.15) is 78.7 Å². The first-order valence-corrected chi connectivity index (χ1v) is 20.4. The van der Waals surface area contributed by atoms with E-state index in [2.05, 4.69) is 26.3 Å². The molecule has 3 rings (SSSR count). The largest absolute Gasteiger partial charge is 0.458 e. The number of nitrogens with two attached hydrogens (primary N) is 2. The number of esters is 1. The first kappa shape index (κ1) is 49.0. The van der Waals surface area contributed by atoms with Gasteiger partial charge >= 0.3 is 5.97 Å². The van der Waals surface area contributed by atoms with Crippen LogP contribution < -0.4 is 32.7 Å². The maximum Gasteiger partial charge on any atom is 0.329 e. The SMILES string of the molecule is CCC(C)C1NC(=O)C(Cc2ccccc2)N(C)C(=O)C(C(C)CC)N2C(=O)C(CCC2O)NC(=O)C(CCCN=C(N)N)NC(=O)C(NC(=O)[C@H](O)CO)C(C)OC1=O. The maximum absolute atomic E-state index is 14.8. The fourth-order valence-corrected chi connectivity index (χ4v) is 7.10. The number of aliphatic hydroxyl groups excluding tert-OH is 3. The third-order valence-corrected chi connectivity index (χ3v) is 11.2. The van der Waals surface area contributed by atoms with Gasteiger partial charge in [-0.25, -0.2) is 4.79 Å². The number of amides is 6. The summed E-state index contributed by atoms with van der Waals surface area (Å²) in [6.45, 7) is 7.30. The van der Waals surface area contributed by atoms with E-state index in [0.717, 1.165) is 4.90 Å². The molecular formula is C40H63N9O11. The van der Waals surface area contributed by atoms with E-state index in [1.54, 1.807) is 58.0 Å². The van der Waals surface area contributed by atoms with Crippen LogP contribution in [0.4, 0.5) is 0 Å². The van der Waals surface area contributed by atoms with Gasteiger partial charge in [-0.05, 0) is 50.0 Å². The number of carbonyl (C=O) groups is 7. The van der Waals surface area contributed by atoms with E-state index >= 15 is 0 Å². The molecule has 2 bridgehead atoms. The highest BCUT2D eigenvalue weighted by Crippen LogP contribution is 2.28. The van der Waals surface area contributed by atoms with E-state index in [0.29, 0.717) is 18.4 Å². The molecule has 2 aliphatic rings. The molecule has 0 spiro atoms. The average molecular weight is 846 g/mol. The molecular weight excluding hydrogens is 782 g/mol. The number of hydrogen-bond acceptors (Lipinski definition) is 12. The Labute approximate surface area is 350 Å². The van der Waals surface area contributed by atoms with Gasteiger partial charge in [-0.2, -0.15) is 0 Å². The van der Waals surface area contributed by atoms with Crippen molar-refractivity contribution in [2.24, 2.45) is 28.3 Å². The van der Waals surface area contributed by atoms with E-state index in [1.807, 2.05) is 0 Å². The van der Waals surface area contributed by atoms with E-state index in [-0.39, 0.29) is 44.6 Å². The molecule has 1 aromatic rings. The van der Waals surface area contributed by atoms with Crippen LogP contribution in [-0.4, -0.2) is 147 Å². The first-order valence-electron chi connectivity index (χ1n) is 20.4. The standard InChI is InChI=1S/C40H63N9O11/c1-7-21(3)30-39(59)60-23(5)31(47-35(55)28(51)20-50)36(56)44-25(15-12-18-43-40(41)42)33(53)45-26-16-17-29(52)49(37(26)57)32(22(4)8-2)38(58)48(6)27(34(54)46-30)19-24-13-10-9-11-14-24/h9-11,13-14,21-23,25-32,50-52H,7-8,12,15-20H2,1-6H3,(H,44,56)(H,45,53)(H,46,54)(H,47,55)(H4,41,42,43)/t21?,22?,23?,25?,26?,27?,28-,29?,30?,31?,32?/m1/s1. The predicted octanol–water partition coefficient (Wildman–Crippen LogP) is -2.25. The molecule has 20 nitrogen and oxygen atoms in total. The first-order chi connectivity index (χ1) is 28.4. The lowest BCUT2D eigenvalue weighted by molar-refractivity contribution is -0.168. The van der Waals surface area contributed by atoms with Gasteiger partial charge in [0.15, 0.2) is 12.1 Å². The highest BCUT2D eigenvalue weighted by Gasteiger charge is 2.47. The number of rotatable bonds is 13. The molecule has 10 unspecified atom stereocenters. The smallest absolute Gasteiger partial charge is 0.329 e. The molecule has 11 atom stereocenters. The number of likely N-dealkylation sites (N-methyl/N-ethyl adjacent to an activating group) is 1. The van der Waals surface area contributed by atoms with Crippen molar-refractivity contribution in [3.63, 3.8) is 0 Å². The number of hydrogen-bond donors (Lipinski definition) is 9. The minimum absolute atomic E-state index is 0.0119. The molecule has 11 N–H and O–H groups in total. The topological polar surface area (TPSA) is 308 Å². The summed E-state index contributed by atoms with van der Waals surface area (Å²) in [5.41, 5.74) is 11.6. The monoisotopic (exact) mass is 845 g/mol. The van der Waals surface area contributed by atoms with Crippen molar-refractivity contribution < 1.29 is 53.6 Å². The van der Waals surface area contributed by atoms with Gasteiger partial charge < -0.3 is 62.6 Å². The number of aliphatic hydroxyl groups is 3. The lowest BCUT2D eigenvalue weighted by Crippen LogP contribution is -2.66. The fraction of sp³-hybridized carbons (Fsp3) is 0.650. The van der Waals surface area contributed by atoms with Crippen LogP contribution in [0.3, 0.4) is 0 Å². The number of benzene rings is 1. The summed E-state index contributed by atoms with van der Waals surface area (Å²) < 4.78 is 5.75. The summed E-state index contributed by atoms with van der Waals surface area (Å²) in [5.74, 6) is -7.59. The molecule has 0 aromatic heterocycles. The summed E-state index contributed by atoms with van der Waals surface area (Å²) in [7, 11) is 1.41. The quantitative estimate of drug-likeness (QED) is 0.0439. The summed E-state index contributed by atoms with van der Waals surface area (Å²) >= 11 is 0. The predicted molar refractivity (Wildman–Crippen MR) is 218 cm³/mol. The maximum atomic E-state index is 14.8. The second-order valence-electron chi connectivity index (χ2n) is 15.6. The summed E-state index contributed by atoms with van der Waals surface area (Å²) in [5, 5.41) is 41.1. The van der Waals surface area contributed by atoms with Crippen LogP contribution in [0.25, 0.3) is 0 Å². The highest BCUT2D eigenvalue weighted by atomic mass is 16.5. The van der Waals surface area contributed by atoms with Crippen molar-refractivity contribution in [1.29, 1.82) is 0 Å². The number of nitrogens with zero attached hydrogens (tertiary/aromatic N) is 3. The Morgan fingerprint density at radius 1 is 0.950 bits per heavy atom. The van der Waals surface area contributed by atoms with Crippen molar-refractivity contribution in [2.45, 2.75) is 134 Å². The lowest BCUT2D eigenvalue weighted by atomic mass is 9.91. The Hall–Kier alpha value is -5.34. The van der Waals surface area contributed by atoms with E-state index < -0.39 is 115 Å². The molecule has 6 amide bonds. The number of ether oxygens (including phenoxy) is 1. The number of piperidine rings is 1. The normalized spacial score (nSPS) is 27.8. The van der Waals surface area contributed by atoms with Crippen molar-refractivity contribution in [3.05, 3.63) is 35.9 Å². The van der Waals surface area contributed by atoms with E-state index in [1.165, 1.54) is 18.9 Å². The summed E-state index contributed by atoms with van der Waals surface area (Å²) in [6, 6.07) is 0.512. The Balaban J connectivity index is 2.24. The average Bonchev–Trinajstić information content (AvgIpc) is 3.22. The number of fused-ring (bicyclic) bond motifs is 2. The Bertz CT molecular complexity index is 1700.